The summed E-state index contributed by atoms with van der Waals surface area (Å²) in [5.74, 6) is 0.698. The Kier molecular flexibility index (Phi) is 7.60. The molecule has 0 saturated carbocycles. The number of ether oxygens (including phenoxy) is 1. The minimum Gasteiger partial charge on any atom is -0.497 e. The molecule has 2 atom stereocenters. The van der Waals surface area contributed by atoms with Gasteiger partial charge in [0, 0.05) is 19.3 Å². The number of sulfonamides is 1. The zero-order valence-electron chi connectivity index (χ0n) is 18.8. The number of hydrogen-bond acceptors (Lipinski definition) is 6. The van der Waals surface area contributed by atoms with E-state index < -0.39 is 21.4 Å². The van der Waals surface area contributed by atoms with E-state index >= 15 is 0 Å². The number of hydrogen-bond donors (Lipinski definition) is 1. The van der Waals surface area contributed by atoms with Crippen molar-refractivity contribution < 1.29 is 18.3 Å². The lowest BCUT2D eigenvalue weighted by atomic mass is 10.1. The van der Waals surface area contributed by atoms with Gasteiger partial charge in [-0.2, -0.15) is 4.31 Å². The monoisotopic (exact) mass is 455 g/mol. The first-order valence-electron chi connectivity index (χ1n) is 10.3. The molecule has 32 heavy (non-hydrogen) atoms. The lowest BCUT2D eigenvalue weighted by Crippen LogP contribution is -2.39. The van der Waals surface area contributed by atoms with Gasteiger partial charge in [-0.3, -0.25) is 9.97 Å². The van der Waals surface area contributed by atoms with E-state index in [9.17, 15) is 13.5 Å². The molecular formula is C24H29N3O4S. The van der Waals surface area contributed by atoms with Gasteiger partial charge in [-0.15, -0.1) is 0 Å². The van der Waals surface area contributed by atoms with E-state index in [1.807, 2.05) is 43.3 Å². The Hall–Kier alpha value is -2.81. The Bertz CT molecular complexity index is 1120. The van der Waals surface area contributed by atoms with E-state index in [2.05, 4.69) is 9.97 Å². The molecule has 0 saturated heterocycles. The van der Waals surface area contributed by atoms with Crippen LogP contribution in [0.1, 0.15) is 41.1 Å². The number of aryl methyl sites for hydroxylation is 2. The molecule has 0 unspecified atom stereocenters. The summed E-state index contributed by atoms with van der Waals surface area (Å²) in [7, 11) is -2.31. The van der Waals surface area contributed by atoms with Gasteiger partial charge < -0.3 is 9.84 Å². The SMILES string of the molecule is COc1ccc(CN(Cc2ccc(C)cc2)S(=O)(=O)[C@@H](C)[C@@H](O)c2cnc(C)cn2)cc1. The highest BCUT2D eigenvalue weighted by molar-refractivity contribution is 7.89. The van der Waals surface area contributed by atoms with E-state index in [4.69, 9.17) is 4.74 Å². The maximum absolute atomic E-state index is 13.6. The molecule has 0 amide bonds. The molecule has 1 aromatic heterocycles. The second kappa shape index (κ2) is 10.2. The summed E-state index contributed by atoms with van der Waals surface area (Å²) in [5, 5.41) is 9.67. The van der Waals surface area contributed by atoms with Crippen molar-refractivity contribution in [2.24, 2.45) is 0 Å². The molecule has 3 rings (SSSR count). The van der Waals surface area contributed by atoms with E-state index in [1.54, 1.807) is 26.2 Å². The zero-order valence-corrected chi connectivity index (χ0v) is 19.6. The van der Waals surface area contributed by atoms with E-state index in [1.165, 1.54) is 23.6 Å². The molecule has 2 aromatic carbocycles. The van der Waals surface area contributed by atoms with Crippen LogP contribution in [-0.4, -0.2) is 40.2 Å². The molecule has 3 aromatic rings. The second-order valence-corrected chi connectivity index (χ2v) is 10.2. The summed E-state index contributed by atoms with van der Waals surface area (Å²) >= 11 is 0. The second-order valence-electron chi connectivity index (χ2n) is 7.88. The van der Waals surface area contributed by atoms with Crippen LogP contribution < -0.4 is 4.74 Å². The Labute approximate surface area is 189 Å². The normalized spacial score (nSPS) is 13.7. The van der Waals surface area contributed by atoms with Crippen molar-refractivity contribution in [1.29, 1.82) is 0 Å². The van der Waals surface area contributed by atoms with Crippen LogP contribution in [0, 0.1) is 13.8 Å². The van der Waals surface area contributed by atoms with Gasteiger partial charge in [-0.25, -0.2) is 8.42 Å². The number of aliphatic hydroxyl groups is 1. The lowest BCUT2D eigenvalue weighted by molar-refractivity contribution is 0.167. The molecule has 0 aliphatic rings. The molecule has 1 N–H and O–H groups in total. The van der Waals surface area contributed by atoms with E-state index in [-0.39, 0.29) is 18.8 Å². The van der Waals surface area contributed by atoms with Crippen LogP contribution in [0.4, 0.5) is 0 Å². The highest BCUT2D eigenvalue weighted by atomic mass is 32.2. The van der Waals surface area contributed by atoms with Gasteiger partial charge in [0.1, 0.15) is 17.1 Å². The van der Waals surface area contributed by atoms with Gasteiger partial charge in [0.25, 0.3) is 0 Å². The number of methoxy groups -OCH3 is 1. The minimum absolute atomic E-state index is 0.164. The average molecular weight is 456 g/mol. The van der Waals surface area contributed by atoms with Crippen molar-refractivity contribution in [3.63, 3.8) is 0 Å². The molecule has 170 valence electrons. The fourth-order valence-electron chi connectivity index (χ4n) is 3.26. The van der Waals surface area contributed by atoms with Crippen LogP contribution >= 0.6 is 0 Å². The van der Waals surface area contributed by atoms with Crippen molar-refractivity contribution in [1.82, 2.24) is 14.3 Å². The first-order chi connectivity index (χ1) is 15.2. The highest BCUT2D eigenvalue weighted by Gasteiger charge is 2.35. The standard InChI is InChI=1S/C24H29N3O4S/c1-17-5-7-20(8-6-17)15-27(16-21-9-11-22(31-4)12-10-21)32(29,30)19(3)24(28)23-14-25-18(2)13-26-23/h5-14,19,24,28H,15-16H2,1-4H3/t19-,24+/m0/s1. The third-order valence-electron chi connectivity index (χ3n) is 5.38. The quantitative estimate of drug-likeness (QED) is 0.530. The number of nitrogens with zero attached hydrogens (tertiary/aromatic N) is 3. The van der Waals surface area contributed by atoms with Gasteiger partial charge >= 0.3 is 0 Å². The van der Waals surface area contributed by atoms with Gasteiger partial charge in [0.2, 0.25) is 10.0 Å². The Morgan fingerprint density at radius 3 is 2.00 bits per heavy atom. The van der Waals surface area contributed by atoms with Gasteiger partial charge in [-0.05, 0) is 44.0 Å². The zero-order chi connectivity index (χ0) is 23.3. The van der Waals surface area contributed by atoms with Crippen molar-refractivity contribution in [3.8, 4) is 5.75 Å². The molecule has 0 bridgehead atoms. The number of rotatable bonds is 9. The molecule has 0 radical (unpaired) electrons. The summed E-state index contributed by atoms with van der Waals surface area (Å²) < 4.78 is 33.8. The molecule has 0 spiro atoms. The summed E-state index contributed by atoms with van der Waals surface area (Å²) in [6.07, 6.45) is 1.63. The molecule has 0 aliphatic heterocycles. The van der Waals surface area contributed by atoms with Crippen molar-refractivity contribution in [2.75, 3.05) is 7.11 Å². The maximum atomic E-state index is 13.6. The van der Waals surface area contributed by atoms with Crippen molar-refractivity contribution in [2.45, 2.75) is 45.2 Å². The molecule has 1 heterocycles. The molecular weight excluding hydrogens is 426 g/mol. The molecule has 0 fully saturated rings. The smallest absolute Gasteiger partial charge is 0.220 e. The maximum Gasteiger partial charge on any atom is 0.220 e. The number of aromatic nitrogens is 2. The third-order valence-corrected chi connectivity index (χ3v) is 7.55. The van der Waals surface area contributed by atoms with Crippen LogP contribution in [0.15, 0.2) is 60.9 Å². The van der Waals surface area contributed by atoms with Crippen LogP contribution in [-0.2, 0) is 23.1 Å². The van der Waals surface area contributed by atoms with Crippen LogP contribution in [0.2, 0.25) is 0 Å². The molecule has 8 heteroatoms. The predicted octanol–water partition coefficient (Wildman–Crippen LogP) is 3.56. The molecule has 0 aliphatic carbocycles. The van der Waals surface area contributed by atoms with E-state index in [0.717, 1.165) is 16.7 Å². The summed E-state index contributed by atoms with van der Waals surface area (Å²) in [5.41, 5.74) is 3.70. The number of aliphatic hydroxyl groups excluding tert-OH is 1. The van der Waals surface area contributed by atoms with Crippen LogP contribution in [0.25, 0.3) is 0 Å². The summed E-state index contributed by atoms with van der Waals surface area (Å²) in [6, 6.07) is 15.0. The van der Waals surface area contributed by atoms with Crippen LogP contribution in [0.3, 0.4) is 0 Å². The Morgan fingerprint density at radius 1 is 0.938 bits per heavy atom. The third kappa shape index (κ3) is 5.70. The number of benzene rings is 2. The first kappa shape index (κ1) is 23.8. The van der Waals surface area contributed by atoms with Gasteiger partial charge in [0.05, 0.1) is 24.7 Å². The topological polar surface area (TPSA) is 92.6 Å². The molecule has 7 nitrogen and oxygen atoms in total. The Balaban J connectivity index is 1.91. The predicted molar refractivity (Wildman–Crippen MR) is 124 cm³/mol. The highest BCUT2D eigenvalue weighted by Crippen LogP contribution is 2.26. The van der Waals surface area contributed by atoms with E-state index in [0.29, 0.717) is 11.4 Å². The fraction of sp³-hybridized carbons (Fsp3) is 0.333. The average Bonchev–Trinajstić information content (AvgIpc) is 2.80. The summed E-state index contributed by atoms with van der Waals surface area (Å²) in [6.45, 7) is 5.61. The van der Waals surface area contributed by atoms with Crippen LogP contribution in [0.5, 0.6) is 5.75 Å². The van der Waals surface area contributed by atoms with Crippen molar-refractivity contribution >= 4 is 10.0 Å². The Morgan fingerprint density at radius 2 is 1.50 bits per heavy atom. The largest absolute Gasteiger partial charge is 0.497 e. The van der Waals surface area contributed by atoms with Gasteiger partial charge in [0.15, 0.2) is 0 Å². The first-order valence-corrected chi connectivity index (χ1v) is 11.8. The van der Waals surface area contributed by atoms with Gasteiger partial charge in [-0.1, -0.05) is 42.0 Å². The van der Waals surface area contributed by atoms with Crippen molar-refractivity contribution in [3.05, 3.63) is 89.0 Å². The lowest BCUT2D eigenvalue weighted by Gasteiger charge is -2.28. The fourth-order valence-corrected chi connectivity index (χ4v) is 4.85. The summed E-state index contributed by atoms with van der Waals surface area (Å²) in [4.78, 5) is 8.29. The minimum atomic E-state index is -3.90.